The second-order valence-electron chi connectivity index (χ2n) is 15.0. The van der Waals surface area contributed by atoms with E-state index in [1.54, 1.807) is 0 Å². The lowest BCUT2D eigenvalue weighted by Gasteiger charge is -2.55. The van der Waals surface area contributed by atoms with Gasteiger partial charge in [-0.1, -0.05) is 127 Å². The fourth-order valence-electron chi connectivity index (χ4n) is 11.7. The Kier molecular flexibility index (Phi) is 4.38. The fraction of sp³-hybridized carbons (Fsp3) is 0.0612. The summed E-state index contributed by atoms with van der Waals surface area (Å²) in [6, 6.07) is 56.9. The molecule has 234 valence electrons. The van der Waals surface area contributed by atoms with Gasteiger partial charge in [0, 0.05) is 45.9 Å². The summed E-state index contributed by atoms with van der Waals surface area (Å²) >= 11 is 3.89. The molecule has 2 atom stereocenters. The number of hydrogen-bond donors (Lipinski definition) is 0. The van der Waals surface area contributed by atoms with E-state index in [0.717, 1.165) is 6.42 Å². The van der Waals surface area contributed by atoms with E-state index >= 15 is 0 Å². The first kappa shape index (κ1) is 26.3. The smallest absolute Gasteiger partial charge is 0.0648 e. The van der Waals surface area contributed by atoms with Crippen molar-refractivity contribution in [2.75, 3.05) is 0 Å². The molecule has 0 saturated heterocycles. The predicted molar refractivity (Wildman–Crippen MR) is 216 cm³/mol. The zero-order chi connectivity index (χ0) is 32.8. The number of rotatable bonds is 1. The number of fused-ring (bicyclic) bond motifs is 3. The Morgan fingerprint density at radius 1 is 0.353 bits per heavy atom. The van der Waals surface area contributed by atoms with Crippen LogP contribution >= 0.6 is 22.7 Å². The topological polar surface area (TPSA) is 0 Å². The molecule has 14 rings (SSSR count). The molecule has 0 fully saturated rings. The molecule has 0 bridgehead atoms. The average Bonchev–Trinajstić information content (AvgIpc) is 3.93. The van der Waals surface area contributed by atoms with Crippen LogP contribution in [0.4, 0.5) is 0 Å². The zero-order valence-corrected chi connectivity index (χ0v) is 29.0. The summed E-state index contributed by atoms with van der Waals surface area (Å²) < 4.78 is 5.51. The average molecular weight is 679 g/mol. The number of hydrogen-bond acceptors (Lipinski definition) is 2. The summed E-state index contributed by atoms with van der Waals surface area (Å²) in [4.78, 5) is 0. The Morgan fingerprint density at radius 2 is 0.882 bits per heavy atom. The van der Waals surface area contributed by atoms with Crippen LogP contribution in [0.2, 0.25) is 0 Å². The second-order valence-corrected chi connectivity index (χ2v) is 17.1. The molecule has 0 N–H and O–H groups in total. The molecule has 51 heavy (non-hydrogen) atoms. The fourth-order valence-corrected chi connectivity index (χ4v) is 14.1. The Hall–Kier alpha value is -5.54. The van der Waals surface area contributed by atoms with E-state index in [0.29, 0.717) is 0 Å². The van der Waals surface area contributed by atoms with Gasteiger partial charge >= 0.3 is 0 Å². The van der Waals surface area contributed by atoms with Crippen molar-refractivity contribution in [1.82, 2.24) is 0 Å². The minimum atomic E-state index is -0.416. The first-order chi connectivity index (χ1) is 25.3. The Morgan fingerprint density at radius 3 is 1.61 bits per heavy atom. The summed E-state index contributed by atoms with van der Waals surface area (Å²) in [5.41, 5.74) is 16.6. The largest absolute Gasteiger partial charge is 0.135 e. The van der Waals surface area contributed by atoms with Gasteiger partial charge in [0.15, 0.2) is 0 Å². The van der Waals surface area contributed by atoms with E-state index in [4.69, 9.17) is 0 Å². The van der Waals surface area contributed by atoms with Crippen molar-refractivity contribution >= 4 is 73.8 Å². The molecule has 8 aromatic carbocycles. The van der Waals surface area contributed by atoms with Crippen LogP contribution in [0.3, 0.4) is 0 Å². The molecule has 4 aliphatic carbocycles. The minimum absolute atomic E-state index is 0.416. The third kappa shape index (κ3) is 2.60. The van der Waals surface area contributed by atoms with Gasteiger partial charge in [-0.2, -0.15) is 0 Å². The normalized spacial score (nSPS) is 19.8. The molecule has 2 unspecified atom stereocenters. The number of benzene rings is 8. The molecule has 0 radical (unpaired) electrons. The lowest BCUT2D eigenvalue weighted by atomic mass is 9.44. The van der Waals surface area contributed by atoms with Gasteiger partial charge in [0.25, 0.3) is 0 Å². The quantitative estimate of drug-likeness (QED) is 0.162. The van der Waals surface area contributed by atoms with Crippen LogP contribution in [0, 0.1) is 0 Å². The summed E-state index contributed by atoms with van der Waals surface area (Å²) in [5, 5.41) is 8.41. The van der Waals surface area contributed by atoms with Crippen molar-refractivity contribution in [3.05, 3.63) is 190 Å². The molecule has 0 spiro atoms. The van der Waals surface area contributed by atoms with Gasteiger partial charge in [-0.15, -0.1) is 22.7 Å². The first-order valence-corrected chi connectivity index (χ1v) is 19.6. The van der Waals surface area contributed by atoms with Crippen LogP contribution in [0.5, 0.6) is 0 Å². The van der Waals surface area contributed by atoms with E-state index < -0.39 is 10.8 Å². The van der Waals surface area contributed by atoms with E-state index in [1.165, 1.54) is 118 Å². The summed E-state index contributed by atoms with van der Waals surface area (Å²) in [6.07, 6.45) is 1.00. The monoisotopic (exact) mass is 678 g/mol. The van der Waals surface area contributed by atoms with Crippen molar-refractivity contribution in [2.45, 2.75) is 17.3 Å². The van der Waals surface area contributed by atoms with Crippen LogP contribution in [-0.4, -0.2) is 0 Å². The molecule has 0 amide bonds. The first-order valence-electron chi connectivity index (χ1n) is 18.0. The van der Waals surface area contributed by atoms with E-state index in [1.807, 2.05) is 22.7 Å². The van der Waals surface area contributed by atoms with Crippen molar-refractivity contribution in [3.63, 3.8) is 0 Å². The predicted octanol–water partition coefficient (Wildman–Crippen LogP) is 13.1. The van der Waals surface area contributed by atoms with Crippen LogP contribution < -0.4 is 0 Å². The zero-order valence-electron chi connectivity index (χ0n) is 27.4. The van der Waals surface area contributed by atoms with Gasteiger partial charge in [0.1, 0.15) is 0 Å². The van der Waals surface area contributed by atoms with E-state index in [9.17, 15) is 0 Å². The van der Waals surface area contributed by atoms with Gasteiger partial charge in [-0.05, 0) is 96.6 Å². The van der Waals surface area contributed by atoms with Crippen LogP contribution in [0.1, 0.15) is 44.5 Å². The maximum atomic E-state index is 2.55. The highest BCUT2D eigenvalue weighted by atomic mass is 32.1. The van der Waals surface area contributed by atoms with Crippen LogP contribution in [0.15, 0.2) is 146 Å². The Bertz CT molecular complexity index is 3170. The van der Waals surface area contributed by atoms with Crippen LogP contribution in [0.25, 0.3) is 73.4 Å². The van der Waals surface area contributed by atoms with Gasteiger partial charge in [0.2, 0.25) is 0 Å². The minimum Gasteiger partial charge on any atom is -0.135 e. The summed E-state index contributed by atoms with van der Waals surface area (Å²) in [5.74, 6) is 0. The van der Waals surface area contributed by atoms with E-state index in [-0.39, 0.29) is 0 Å². The maximum absolute atomic E-state index is 2.55. The molecule has 10 aromatic rings. The third-order valence-corrected chi connectivity index (χ3v) is 15.5. The van der Waals surface area contributed by atoms with E-state index in [2.05, 4.69) is 146 Å². The highest BCUT2D eigenvalue weighted by Crippen LogP contribution is 2.75. The number of thiophene rings is 2. The third-order valence-electron chi connectivity index (χ3n) is 13.2. The molecule has 0 nitrogen and oxygen atoms in total. The molecule has 0 saturated carbocycles. The summed E-state index contributed by atoms with van der Waals surface area (Å²) in [6.45, 7) is 0. The Balaban J connectivity index is 1.24. The van der Waals surface area contributed by atoms with Crippen molar-refractivity contribution < 1.29 is 0 Å². The van der Waals surface area contributed by atoms with Crippen molar-refractivity contribution in [3.8, 4) is 22.3 Å². The molecule has 4 aliphatic rings. The molecule has 2 heteroatoms. The Labute approximate surface area is 301 Å². The highest BCUT2D eigenvalue weighted by molar-refractivity contribution is 7.26. The van der Waals surface area contributed by atoms with Gasteiger partial charge in [0.05, 0.1) is 10.8 Å². The van der Waals surface area contributed by atoms with Gasteiger partial charge in [-0.3, -0.25) is 0 Å². The summed E-state index contributed by atoms with van der Waals surface area (Å²) in [7, 11) is 0. The highest BCUT2D eigenvalue weighted by Gasteiger charge is 2.68. The SMILES string of the molecule is c1cc2c3c(c1)C14c5cccc6c(-c7cccc8c7sc7ccccc78)ccc(c56)C1(c1cccc(c1-3)C2)c1cccc2sc3cccc4c3c12. The molecular weight excluding hydrogens is 653 g/mol. The molecule has 2 aromatic heterocycles. The second kappa shape index (κ2) is 8.49. The van der Waals surface area contributed by atoms with Crippen molar-refractivity contribution in [2.24, 2.45) is 0 Å². The standard InChI is InChI=1S/C49H26S2/c1-2-20-39-29(11-1)32-14-5-13-31(47(32)51-39)28-23-24-38-44-30(28)12-6-17-35(44)48-33-15-3-9-26-25-27-10-4-16-34(43(27)42(26)33)49(38,48)37-19-8-22-41-46(37)45-36(48)18-7-21-40(45)50-41/h1-24H,25H2. The van der Waals surface area contributed by atoms with Gasteiger partial charge < -0.3 is 0 Å². The van der Waals surface area contributed by atoms with Crippen LogP contribution in [-0.2, 0) is 17.3 Å². The lowest BCUT2D eigenvalue weighted by molar-refractivity contribution is 0.439. The molecular formula is C49H26S2. The van der Waals surface area contributed by atoms with Gasteiger partial charge in [-0.25, -0.2) is 0 Å². The molecule has 0 aliphatic heterocycles. The maximum Gasteiger partial charge on any atom is 0.0648 e. The lowest BCUT2D eigenvalue weighted by Crippen LogP contribution is -2.53. The molecule has 2 heterocycles. The van der Waals surface area contributed by atoms with Crippen molar-refractivity contribution in [1.29, 1.82) is 0 Å².